The Bertz CT molecular complexity index is 863. The first-order valence-corrected chi connectivity index (χ1v) is 14.5. The number of unbranched alkanes of at least 4 members (excludes halogenated alkanes) is 5. The number of hydrogen-bond donors (Lipinski definition) is 2. The molecule has 2 atom stereocenters. The molecule has 0 aliphatic rings. The standard InChI is InChI=1S/C31H53N3O4/c1-9-11-13-14-15-20-34(29(36)26(21-23(3)4)33-30(37)38-31(6,7)8)27(28(35)32-19-12-10-2)25-18-16-17-24(5)22-25/h16-18,22-23,26-27H,9-15,19-21H2,1-8H3,(H,32,35)(H,33,37). The average molecular weight is 532 g/mol. The molecule has 0 aliphatic heterocycles. The summed E-state index contributed by atoms with van der Waals surface area (Å²) in [5.41, 5.74) is 1.12. The number of hydrogen-bond acceptors (Lipinski definition) is 4. The maximum Gasteiger partial charge on any atom is 0.408 e. The van der Waals surface area contributed by atoms with E-state index >= 15 is 0 Å². The Morgan fingerprint density at radius 3 is 2.21 bits per heavy atom. The summed E-state index contributed by atoms with van der Waals surface area (Å²) < 4.78 is 5.48. The summed E-state index contributed by atoms with van der Waals surface area (Å²) in [7, 11) is 0. The van der Waals surface area contributed by atoms with Gasteiger partial charge in [-0.05, 0) is 58.4 Å². The van der Waals surface area contributed by atoms with Crippen LogP contribution in [0.5, 0.6) is 0 Å². The lowest BCUT2D eigenvalue weighted by Gasteiger charge is -2.35. The van der Waals surface area contributed by atoms with Gasteiger partial charge in [-0.1, -0.05) is 89.6 Å². The highest BCUT2D eigenvalue weighted by Gasteiger charge is 2.36. The Balaban J connectivity index is 3.42. The molecule has 0 spiro atoms. The van der Waals surface area contributed by atoms with Crippen LogP contribution in [0, 0.1) is 12.8 Å². The molecule has 0 fully saturated rings. The van der Waals surface area contributed by atoms with Gasteiger partial charge in [-0.2, -0.15) is 0 Å². The zero-order chi connectivity index (χ0) is 28.7. The number of ether oxygens (including phenoxy) is 1. The van der Waals surface area contributed by atoms with Crippen LogP contribution >= 0.6 is 0 Å². The Labute approximate surface area is 231 Å². The first-order valence-electron chi connectivity index (χ1n) is 14.5. The molecular formula is C31H53N3O4. The summed E-state index contributed by atoms with van der Waals surface area (Å²) in [5, 5.41) is 5.88. The molecule has 216 valence electrons. The lowest BCUT2D eigenvalue weighted by Crippen LogP contribution is -2.53. The summed E-state index contributed by atoms with van der Waals surface area (Å²) in [4.78, 5) is 42.3. The fourth-order valence-corrected chi connectivity index (χ4v) is 4.39. The number of nitrogens with zero attached hydrogens (tertiary/aromatic N) is 1. The second-order valence-electron chi connectivity index (χ2n) is 11.7. The minimum absolute atomic E-state index is 0.154. The normalized spacial score (nSPS) is 13.1. The molecule has 0 radical (unpaired) electrons. The van der Waals surface area contributed by atoms with Crippen LogP contribution in [0.15, 0.2) is 24.3 Å². The van der Waals surface area contributed by atoms with Crippen molar-refractivity contribution in [2.45, 2.75) is 124 Å². The van der Waals surface area contributed by atoms with Crippen LogP contribution in [-0.2, 0) is 14.3 Å². The highest BCUT2D eigenvalue weighted by Crippen LogP contribution is 2.26. The van der Waals surface area contributed by atoms with Gasteiger partial charge < -0.3 is 20.3 Å². The fraction of sp³-hybridized carbons (Fsp3) is 0.710. The van der Waals surface area contributed by atoms with E-state index in [-0.39, 0.29) is 17.7 Å². The predicted molar refractivity (Wildman–Crippen MR) is 155 cm³/mol. The topological polar surface area (TPSA) is 87.7 Å². The van der Waals surface area contributed by atoms with Crippen molar-refractivity contribution >= 4 is 17.9 Å². The van der Waals surface area contributed by atoms with Crippen LogP contribution in [0.1, 0.15) is 117 Å². The molecular weight excluding hydrogens is 478 g/mol. The van der Waals surface area contributed by atoms with Crippen LogP contribution < -0.4 is 10.6 Å². The smallest absolute Gasteiger partial charge is 0.408 e. The Hall–Kier alpha value is -2.57. The van der Waals surface area contributed by atoms with Crippen molar-refractivity contribution in [2.24, 2.45) is 5.92 Å². The van der Waals surface area contributed by atoms with Gasteiger partial charge in [0, 0.05) is 13.1 Å². The Morgan fingerprint density at radius 2 is 1.63 bits per heavy atom. The molecule has 0 saturated carbocycles. The molecule has 7 nitrogen and oxygen atoms in total. The van der Waals surface area contributed by atoms with Crippen molar-refractivity contribution in [3.05, 3.63) is 35.4 Å². The molecule has 1 aromatic rings. The van der Waals surface area contributed by atoms with Gasteiger partial charge in [0.25, 0.3) is 0 Å². The first-order chi connectivity index (χ1) is 17.9. The van der Waals surface area contributed by atoms with Gasteiger partial charge in [0.05, 0.1) is 0 Å². The van der Waals surface area contributed by atoms with E-state index < -0.39 is 23.8 Å². The Kier molecular flexibility index (Phi) is 15.1. The number of alkyl carbamates (subject to hydrolysis) is 1. The van der Waals surface area contributed by atoms with Gasteiger partial charge in [-0.15, -0.1) is 0 Å². The van der Waals surface area contributed by atoms with Gasteiger partial charge in [0.2, 0.25) is 11.8 Å². The van der Waals surface area contributed by atoms with Crippen molar-refractivity contribution in [1.29, 1.82) is 0 Å². The molecule has 3 amide bonds. The third kappa shape index (κ3) is 12.8. The molecule has 7 heteroatoms. The zero-order valence-electron chi connectivity index (χ0n) is 25.2. The van der Waals surface area contributed by atoms with Crippen molar-refractivity contribution < 1.29 is 19.1 Å². The minimum atomic E-state index is -0.795. The van der Waals surface area contributed by atoms with E-state index in [4.69, 9.17) is 4.74 Å². The summed E-state index contributed by atoms with van der Waals surface area (Å²) in [6.45, 7) is 16.6. The second-order valence-corrected chi connectivity index (χ2v) is 11.7. The molecule has 1 aromatic carbocycles. The number of carbonyl (C=O) groups excluding carboxylic acids is 3. The van der Waals surface area contributed by atoms with Gasteiger partial charge in [-0.3, -0.25) is 9.59 Å². The molecule has 2 unspecified atom stereocenters. The molecule has 0 saturated heterocycles. The number of amides is 3. The molecule has 2 N–H and O–H groups in total. The summed E-state index contributed by atoms with van der Waals surface area (Å²) in [5.74, 6) is -0.287. The zero-order valence-corrected chi connectivity index (χ0v) is 25.2. The monoisotopic (exact) mass is 531 g/mol. The van der Waals surface area contributed by atoms with Crippen LogP contribution in [0.25, 0.3) is 0 Å². The maximum atomic E-state index is 14.2. The van der Waals surface area contributed by atoms with E-state index in [0.29, 0.717) is 19.5 Å². The van der Waals surface area contributed by atoms with Crippen LogP contribution in [0.2, 0.25) is 0 Å². The van der Waals surface area contributed by atoms with E-state index in [1.807, 2.05) is 45.0 Å². The molecule has 0 bridgehead atoms. The van der Waals surface area contributed by atoms with E-state index in [1.165, 1.54) is 0 Å². The SMILES string of the molecule is CCCCCCCN(C(=O)C(CC(C)C)NC(=O)OC(C)(C)C)C(C(=O)NCCCC)c1cccc(C)c1. The van der Waals surface area contributed by atoms with Gasteiger partial charge >= 0.3 is 6.09 Å². The molecule has 0 aliphatic carbocycles. The van der Waals surface area contributed by atoms with Gasteiger partial charge in [0.1, 0.15) is 17.7 Å². The largest absolute Gasteiger partial charge is 0.444 e. The number of rotatable bonds is 16. The minimum Gasteiger partial charge on any atom is -0.444 e. The number of aryl methyl sites for hydroxylation is 1. The van der Waals surface area contributed by atoms with Crippen molar-refractivity contribution in [2.75, 3.05) is 13.1 Å². The Morgan fingerprint density at radius 1 is 0.974 bits per heavy atom. The summed E-state index contributed by atoms with van der Waals surface area (Å²) >= 11 is 0. The summed E-state index contributed by atoms with van der Waals surface area (Å²) in [6.07, 6.45) is 6.77. The van der Waals surface area contributed by atoms with E-state index in [2.05, 4.69) is 24.5 Å². The number of benzene rings is 1. The molecule has 1 rings (SSSR count). The number of carbonyl (C=O) groups is 3. The molecule has 0 heterocycles. The van der Waals surface area contributed by atoms with Crippen molar-refractivity contribution in [3.63, 3.8) is 0 Å². The number of nitrogens with one attached hydrogen (secondary N) is 2. The molecule has 0 aromatic heterocycles. The highest BCUT2D eigenvalue weighted by molar-refractivity contribution is 5.92. The van der Waals surface area contributed by atoms with Gasteiger partial charge in [0.15, 0.2) is 0 Å². The third-order valence-corrected chi connectivity index (χ3v) is 6.23. The lowest BCUT2D eigenvalue weighted by atomic mass is 9.97. The van der Waals surface area contributed by atoms with Crippen LogP contribution in [-0.4, -0.2) is 47.5 Å². The molecule has 38 heavy (non-hydrogen) atoms. The maximum absolute atomic E-state index is 14.2. The second kappa shape index (κ2) is 17.1. The van der Waals surface area contributed by atoms with Crippen molar-refractivity contribution in [1.82, 2.24) is 15.5 Å². The quantitative estimate of drug-likeness (QED) is 0.233. The van der Waals surface area contributed by atoms with E-state index in [0.717, 1.165) is 56.1 Å². The third-order valence-electron chi connectivity index (χ3n) is 6.23. The van der Waals surface area contributed by atoms with E-state index in [1.54, 1.807) is 25.7 Å². The average Bonchev–Trinajstić information content (AvgIpc) is 2.81. The highest BCUT2D eigenvalue weighted by atomic mass is 16.6. The lowest BCUT2D eigenvalue weighted by molar-refractivity contribution is -0.143. The fourth-order valence-electron chi connectivity index (χ4n) is 4.39. The predicted octanol–water partition coefficient (Wildman–Crippen LogP) is 6.69. The van der Waals surface area contributed by atoms with E-state index in [9.17, 15) is 14.4 Å². The van der Waals surface area contributed by atoms with Crippen molar-refractivity contribution in [3.8, 4) is 0 Å². The first kappa shape index (κ1) is 33.5. The van der Waals surface area contributed by atoms with Crippen LogP contribution in [0.3, 0.4) is 0 Å². The van der Waals surface area contributed by atoms with Gasteiger partial charge in [-0.25, -0.2) is 4.79 Å². The van der Waals surface area contributed by atoms with Crippen LogP contribution in [0.4, 0.5) is 4.79 Å². The summed E-state index contributed by atoms with van der Waals surface area (Å²) in [6, 6.07) is 6.22.